The monoisotopic (exact) mass is 237 g/mol. The quantitative estimate of drug-likeness (QED) is 0.738. The van der Waals surface area contributed by atoms with Gasteiger partial charge >= 0.3 is 0 Å². The Morgan fingerprint density at radius 2 is 2.18 bits per heavy atom. The minimum atomic E-state index is -0.586. The highest BCUT2D eigenvalue weighted by Crippen LogP contribution is 2.20. The molecule has 0 unspecified atom stereocenters. The Hall–Kier alpha value is -1.62. The molecule has 0 saturated carbocycles. The van der Waals surface area contributed by atoms with Crippen LogP contribution >= 0.6 is 0 Å². The second-order valence-corrected chi connectivity index (χ2v) is 4.55. The van der Waals surface area contributed by atoms with Crippen molar-refractivity contribution in [2.24, 2.45) is 11.7 Å². The van der Waals surface area contributed by atoms with Crippen LogP contribution in [0.2, 0.25) is 0 Å². The number of nitrogens with one attached hydrogen (secondary N) is 1. The van der Waals surface area contributed by atoms with Gasteiger partial charge in [-0.25, -0.2) is 4.98 Å². The summed E-state index contributed by atoms with van der Waals surface area (Å²) in [4.78, 5) is 15.8. The van der Waals surface area contributed by atoms with Crippen molar-refractivity contribution in [3.05, 3.63) is 17.8 Å². The molecule has 0 radical (unpaired) electrons. The van der Waals surface area contributed by atoms with E-state index in [1.807, 2.05) is 13.8 Å². The van der Waals surface area contributed by atoms with E-state index in [0.29, 0.717) is 12.3 Å². The van der Waals surface area contributed by atoms with E-state index in [0.717, 1.165) is 5.69 Å². The smallest absolute Gasteiger partial charge is 0.242 e. The summed E-state index contributed by atoms with van der Waals surface area (Å²) in [5.41, 5.74) is 6.45. The van der Waals surface area contributed by atoms with Crippen molar-refractivity contribution in [1.82, 2.24) is 4.98 Å². The highest BCUT2D eigenvalue weighted by molar-refractivity contribution is 5.94. The van der Waals surface area contributed by atoms with Gasteiger partial charge in [0.25, 0.3) is 0 Å². The number of aromatic nitrogens is 1. The average Bonchev–Trinajstić information content (AvgIpc) is 2.22. The molecule has 0 aliphatic carbocycles. The summed E-state index contributed by atoms with van der Waals surface area (Å²) >= 11 is 0. The fraction of sp³-hybridized carbons (Fsp3) is 0.500. The van der Waals surface area contributed by atoms with E-state index in [-0.39, 0.29) is 17.5 Å². The highest BCUT2D eigenvalue weighted by atomic mass is 16.3. The van der Waals surface area contributed by atoms with E-state index >= 15 is 0 Å². The standard InChI is InChI=1S/C12H19N3O2/c1-7(2)6-9(13)12(17)15-11-10(16)5-4-8(3)14-11/h4-5,7,9,16H,6,13H2,1-3H3,(H,14,15,17)/t9-/m1/s1. The highest BCUT2D eigenvalue weighted by Gasteiger charge is 2.16. The number of aromatic hydroxyl groups is 1. The maximum Gasteiger partial charge on any atom is 0.242 e. The number of pyridine rings is 1. The van der Waals surface area contributed by atoms with E-state index in [1.165, 1.54) is 6.07 Å². The van der Waals surface area contributed by atoms with Crippen molar-refractivity contribution >= 4 is 11.7 Å². The zero-order valence-electron chi connectivity index (χ0n) is 10.4. The van der Waals surface area contributed by atoms with Gasteiger partial charge < -0.3 is 16.2 Å². The number of amides is 1. The Morgan fingerprint density at radius 3 is 2.76 bits per heavy atom. The Labute approximate surface area is 101 Å². The molecule has 4 N–H and O–H groups in total. The lowest BCUT2D eigenvalue weighted by Crippen LogP contribution is -2.36. The molecule has 0 aliphatic rings. The lowest BCUT2D eigenvalue weighted by atomic mass is 10.0. The summed E-state index contributed by atoms with van der Waals surface area (Å²) in [6, 6.07) is 2.57. The molecular formula is C12H19N3O2. The fourth-order valence-electron chi connectivity index (χ4n) is 1.47. The van der Waals surface area contributed by atoms with Crippen LogP contribution in [0.25, 0.3) is 0 Å². The third-order valence-corrected chi connectivity index (χ3v) is 2.32. The van der Waals surface area contributed by atoms with Crippen molar-refractivity contribution in [3.63, 3.8) is 0 Å². The number of hydrogen-bond acceptors (Lipinski definition) is 4. The van der Waals surface area contributed by atoms with E-state index in [1.54, 1.807) is 13.0 Å². The van der Waals surface area contributed by atoms with Gasteiger partial charge in [0, 0.05) is 5.69 Å². The molecular weight excluding hydrogens is 218 g/mol. The van der Waals surface area contributed by atoms with Crippen molar-refractivity contribution in [2.45, 2.75) is 33.2 Å². The van der Waals surface area contributed by atoms with Crippen LogP contribution in [0.5, 0.6) is 5.75 Å². The Morgan fingerprint density at radius 1 is 1.53 bits per heavy atom. The minimum absolute atomic E-state index is 0.0549. The summed E-state index contributed by atoms with van der Waals surface area (Å²) in [5, 5.41) is 12.1. The van der Waals surface area contributed by atoms with Crippen molar-refractivity contribution < 1.29 is 9.90 Å². The predicted molar refractivity (Wildman–Crippen MR) is 66.7 cm³/mol. The first-order chi connectivity index (χ1) is 7.90. The lowest BCUT2D eigenvalue weighted by Gasteiger charge is -2.14. The molecule has 17 heavy (non-hydrogen) atoms. The molecule has 1 rings (SSSR count). The third-order valence-electron chi connectivity index (χ3n) is 2.32. The first-order valence-corrected chi connectivity index (χ1v) is 5.63. The minimum Gasteiger partial charge on any atom is -0.504 e. The third kappa shape index (κ3) is 4.03. The summed E-state index contributed by atoms with van der Waals surface area (Å²) < 4.78 is 0. The molecule has 0 bridgehead atoms. The van der Waals surface area contributed by atoms with Crippen LogP contribution in [0, 0.1) is 12.8 Å². The molecule has 1 heterocycles. The Bertz CT molecular complexity index is 405. The molecule has 0 saturated heterocycles. The van der Waals surface area contributed by atoms with E-state index in [4.69, 9.17) is 5.73 Å². The topological polar surface area (TPSA) is 88.2 Å². The van der Waals surface area contributed by atoms with Gasteiger partial charge in [-0.1, -0.05) is 13.8 Å². The van der Waals surface area contributed by atoms with Crippen LogP contribution in [0.3, 0.4) is 0 Å². The summed E-state index contributed by atoms with van der Waals surface area (Å²) in [6.07, 6.45) is 0.596. The zero-order valence-corrected chi connectivity index (χ0v) is 10.4. The summed E-state index contributed by atoms with van der Waals surface area (Å²) in [7, 11) is 0. The molecule has 0 aliphatic heterocycles. The van der Waals surface area contributed by atoms with Gasteiger partial charge in [0.05, 0.1) is 6.04 Å². The predicted octanol–water partition coefficient (Wildman–Crippen LogP) is 1.41. The largest absolute Gasteiger partial charge is 0.504 e. The van der Waals surface area contributed by atoms with E-state index in [2.05, 4.69) is 10.3 Å². The van der Waals surface area contributed by atoms with Gasteiger partial charge in [-0.3, -0.25) is 4.79 Å². The molecule has 94 valence electrons. The van der Waals surface area contributed by atoms with Crippen LogP contribution in [-0.4, -0.2) is 22.0 Å². The molecule has 0 fully saturated rings. The Balaban J connectivity index is 2.70. The average molecular weight is 237 g/mol. The van der Waals surface area contributed by atoms with Gasteiger partial charge in [0.15, 0.2) is 11.6 Å². The number of carbonyl (C=O) groups is 1. The number of carbonyl (C=O) groups excluding carboxylic acids is 1. The number of anilines is 1. The number of aryl methyl sites for hydroxylation is 1. The van der Waals surface area contributed by atoms with Crippen molar-refractivity contribution in [2.75, 3.05) is 5.32 Å². The van der Waals surface area contributed by atoms with Gasteiger partial charge in [-0.15, -0.1) is 0 Å². The number of nitrogens with two attached hydrogens (primary N) is 1. The number of hydrogen-bond donors (Lipinski definition) is 3. The van der Waals surface area contributed by atoms with Gasteiger partial charge in [0.1, 0.15) is 0 Å². The Kier molecular flexibility index (Phi) is 4.45. The molecule has 1 aromatic rings. The first-order valence-electron chi connectivity index (χ1n) is 5.63. The van der Waals surface area contributed by atoms with E-state index in [9.17, 15) is 9.90 Å². The van der Waals surface area contributed by atoms with Crippen molar-refractivity contribution in [3.8, 4) is 5.75 Å². The van der Waals surface area contributed by atoms with E-state index < -0.39 is 6.04 Å². The van der Waals surface area contributed by atoms with Crippen LogP contribution in [0.4, 0.5) is 5.82 Å². The maximum absolute atomic E-state index is 11.7. The number of nitrogens with zero attached hydrogens (tertiary/aromatic N) is 1. The summed E-state index contributed by atoms with van der Waals surface area (Å²) in [6.45, 7) is 5.77. The maximum atomic E-state index is 11.7. The zero-order chi connectivity index (χ0) is 13.0. The molecule has 1 atom stereocenters. The summed E-state index contributed by atoms with van der Waals surface area (Å²) in [5.74, 6) is 0.122. The van der Waals surface area contributed by atoms with Crippen LogP contribution in [0.1, 0.15) is 26.0 Å². The van der Waals surface area contributed by atoms with Gasteiger partial charge in [-0.2, -0.15) is 0 Å². The second-order valence-electron chi connectivity index (χ2n) is 4.55. The molecule has 1 aromatic heterocycles. The van der Waals surface area contributed by atoms with Crippen molar-refractivity contribution in [1.29, 1.82) is 0 Å². The fourth-order valence-corrected chi connectivity index (χ4v) is 1.47. The molecule has 1 amide bonds. The number of rotatable bonds is 4. The molecule has 0 aromatic carbocycles. The first kappa shape index (κ1) is 13.4. The molecule has 5 heteroatoms. The van der Waals surface area contributed by atoms with Crippen LogP contribution in [-0.2, 0) is 4.79 Å². The SMILES string of the molecule is Cc1ccc(O)c(NC(=O)[C@H](N)CC(C)C)n1. The molecule has 0 spiro atoms. The lowest BCUT2D eigenvalue weighted by molar-refractivity contribution is -0.117. The molecule has 5 nitrogen and oxygen atoms in total. The normalized spacial score (nSPS) is 12.5. The van der Waals surface area contributed by atoms with Gasteiger partial charge in [-0.05, 0) is 31.4 Å². The second kappa shape index (κ2) is 5.63. The van der Waals surface area contributed by atoms with Crippen LogP contribution < -0.4 is 11.1 Å². The van der Waals surface area contributed by atoms with Gasteiger partial charge in [0.2, 0.25) is 5.91 Å². The van der Waals surface area contributed by atoms with Crippen LogP contribution in [0.15, 0.2) is 12.1 Å².